The van der Waals surface area contributed by atoms with E-state index in [9.17, 15) is 4.79 Å². The summed E-state index contributed by atoms with van der Waals surface area (Å²) >= 11 is 0. The van der Waals surface area contributed by atoms with Gasteiger partial charge in [0.25, 0.3) is 0 Å². The molecule has 1 aromatic heterocycles. The van der Waals surface area contributed by atoms with Crippen molar-refractivity contribution in [3.05, 3.63) is 18.1 Å². The molecular weight excluding hydrogens is 365 g/mol. The highest BCUT2D eigenvalue weighted by Crippen LogP contribution is 2.18. The number of methoxy groups -OCH3 is 1. The molecule has 1 atom stereocenters. The van der Waals surface area contributed by atoms with Crippen LogP contribution >= 0.6 is 24.8 Å². The third kappa shape index (κ3) is 7.32. The number of carbonyl (C=O) groups excluding carboxylic acids is 1. The lowest BCUT2D eigenvalue weighted by Gasteiger charge is -2.33. The molecule has 1 unspecified atom stereocenters. The topological polar surface area (TPSA) is 93.4 Å². The van der Waals surface area contributed by atoms with Crippen LogP contribution in [0.5, 0.6) is 0 Å². The van der Waals surface area contributed by atoms with Crippen molar-refractivity contribution in [1.29, 1.82) is 0 Å². The molecule has 0 radical (unpaired) electrons. The standard InChI is InChI=1S/C16H27N5O2.2ClH/c1-3-12-8-15(19-11-18-12)21-6-4-13(5-7-21)20-16(22)9-14(10-17)23-2;;/h8,11,13-14H,3-7,9-10,17H2,1-2H3,(H,20,22);2*1H. The molecule has 0 spiro atoms. The number of ether oxygens (including phenoxy) is 1. The minimum absolute atomic E-state index is 0. The monoisotopic (exact) mass is 393 g/mol. The second-order valence-electron chi connectivity index (χ2n) is 5.85. The highest BCUT2D eigenvalue weighted by atomic mass is 35.5. The normalized spacial score (nSPS) is 15.7. The number of rotatable bonds is 7. The van der Waals surface area contributed by atoms with Crippen LogP contribution < -0.4 is 16.0 Å². The largest absolute Gasteiger partial charge is 0.380 e. The number of nitrogens with two attached hydrogens (primary N) is 1. The molecule has 7 nitrogen and oxygen atoms in total. The summed E-state index contributed by atoms with van der Waals surface area (Å²) in [6.45, 7) is 4.21. The van der Waals surface area contributed by atoms with Crippen molar-refractivity contribution in [3.8, 4) is 0 Å². The first-order valence-corrected chi connectivity index (χ1v) is 8.24. The minimum atomic E-state index is -0.205. The van der Waals surface area contributed by atoms with Gasteiger partial charge >= 0.3 is 0 Å². The van der Waals surface area contributed by atoms with Gasteiger partial charge < -0.3 is 20.7 Å². The van der Waals surface area contributed by atoms with Gasteiger partial charge in [-0.25, -0.2) is 9.97 Å². The van der Waals surface area contributed by atoms with E-state index in [1.807, 2.05) is 6.07 Å². The predicted octanol–water partition coefficient (Wildman–Crippen LogP) is 1.33. The fraction of sp³-hybridized carbons (Fsp3) is 0.688. The van der Waals surface area contributed by atoms with Gasteiger partial charge in [-0.2, -0.15) is 0 Å². The number of anilines is 1. The minimum Gasteiger partial charge on any atom is -0.380 e. The molecule has 1 aliphatic heterocycles. The lowest BCUT2D eigenvalue weighted by molar-refractivity contribution is -0.124. The van der Waals surface area contributed by atoms with Gasteiger partial charge in [0.15, 0.2) is 0 Å². The molecule has 0 aromatic carbocycles. The smallest absolute Gasteiger partial charge is 0.222 e. The highest BCUT2D eigenvalue weighted by molar-refractivity contribution is 5.85. The van der Waals surface area contributed by atoms with Crippen LogP contribution in [-0.4, -0.2) is 54.8 Å². The lowest BCUT2D eigenvalue weighted by Crippen LogP contribution is -2.46. The zero-order valence-corrected chi connectivity index (χ0v) is 16.4. The summed E-state index contributed by atoms with van der Waals surface area (Å²) in [5.74, 6) is 0.986. The summed E-state index contributed by atoms with van der Waals surface area (Å²) in [6, 6.07) is 2.25. The van der Waals surface area contributed by atoms with Gasteiger partial charge in [-0.15, -0.1) is 24.8 Å². The van der Waals surface area contributed by atoms with Gasteiger partial charge in [-0.3, -0.25) is 4.79 Å². The third-order valence-corrected chi connectivity index (χ3v) is 4.26. The van der Waals surface area contributed by atoms with Crippen LogP contribution in [0.2, 0.25) is 0 Å². The Bertz CT molecular complexity index is 509. The molecule has 144 valence electrons. The Hall–Kier alpha value is -1.15. The molecule has 1 saturated heterocycles. The van der Waals surface area contributed by atoms with Crippen molar-refractivity contribution in [2.24, 2.45) is 5.73 Å². The molecule has 2 rings (SSSR count). The Morgan fingerprint density at radius 1 is 1.40 bits per heavy atom. The summed E-state index contributed by atoms with van der Waals surface area (Å²) in [7, 11) is 1.58. The number of halogens is 2. The SMILES string of the molecule is CCc1cc(N2CCC(NC(=O)CC(CN)OC)CC2)ncn1.Cl.Cl. The van der Waals surface area contributed by atoms with Gasteiger partial charge in [0.1, 0.15) is 12.1 Å². The van der Waals surface area contributed by atoms with Crippen LogP contribution in [0.1, 0.15) is 31.9 Å². The maximum atomic E-state index is 12.0. The van der Waals surface area contributed by atoms with Crippen molar-refractivity contribution in [3.63, 3.8) is 0 Å². The molecule has 1 aliphatic rings. The summed E-state index contributed by atoms with van der Waals surface area (Å²) in [5.41, 5.74) is 6.60. The van der Waals surface area contributed by atoms with Gasteiger partial charge in [0.2, 0.25) is 5.91 Å². The maximum absolute atomic E-state index is 12.0. The van der Waals surface area contributed by atoms with Gasteiger partial charge in [0, 0.05) is 44.5 Å². The Kier molecular flexibility index (Phi) is 11.7. The van der Waals surface area contributed by atoms with E-state index in [0.717, 1.165) is 43.9 Å². The molecule has 0 aliphatic carbocycles. The fourth-order valence-corrected chi connectivity index (χ4v) is 2.76. The van der Waals surface area contributed by atoms with Crippen molar-refractivity contribution < 1.29 is 9.53 Å². The van der Waals surface area contributed by atoms with Crippen molar-refractivity contribution in [2.45, 2.75) is 44.8 Å². The summed E-state index contributed by atoms with van der Waals surface area (Å²) in [4.78, 5) is 22.8. The quantitative estimate of drug-likeness (QED) is 0.725. The molecule has 0 saturated carbocycles. The average molecular weight is 394 g/mol. The third-order valence-electron chi connectivity index (χ3n) is 4.26. The van der Waals surface area contributed by atoms with Crippen molar-refractivity contribution in [2.75, 3.05) is 31.6 Å². The number of carbonyl (C=O) groups is 1. The van der Waals surface area contributed by atoms with E-state index in [-0.39, 0.29) is 42.9 Å². The first-order valence-electron chi connectivity index (χ1n) is 8.24. The number of hydrogen-bond donors (Lipinski definition) is 2. The number of hydrogen-bond acceptors (Lipinski definition) is 6. The van der Waals surface area contributed by atoms with E-state index < -0.39 is 0 Å². The van der Waals surface area contributed by atoms with Crippen LogP contribution in [0.3, 0.4) is 0 Å². The summed E-state index contributed by atoms with van der Waals surface area (Å²) in [5, 5.41) is 3.08. The maximum Gasteiger partial charge on any atom is 0.222 e. The average Bonchev–Trinajstić information content (AvgIpc) is 2.60. The van der Waals surface area contributed by atoms with E-state index >= 15 is 0 Å². The second kappa shape index (κ2) is 12.2. The van der Waals surface area contributed by atoms with E-state index in [2.05, 4.69) is 27.1 Å². The van der Waals surface area contributed by atoms with Crippen molar-refractivity contribution >= 4 is 36.5 Å². The lowest BCUT2D eigenvalue weighted by atomic mass is 10.0. The molecule has 1 aromatic rings. The Morgan fingerprint density at radius 3 is 2.64 bits per heavy atom. The fourth-order valence-electron chi connectivity index (χ4n) is 2.76. The van der Waals surface area contributed by atoms with E-state index in [0.29, 0.717) is 13.0 Å². The van der Waals surface area contributed by atoms with Crippen LogP contribution in [-0.2, 0) is 16.0 Å². The molecule has 0 bridgehead atoms. The number of aromatic nitrogens is 2. The van der Waals surface area contributed by atoms with Crippen LogP contribution in [0.25, 0.3) is 0 Å². The molecule has 1 fully saturated rings. The van der Waals surface area contributed by atoms with E-state index in [1.54, 1.807) is 13.4 Å². The van der Waals surface area contributed by atoms with Crippen LogP contribution in [0, 0.1) is 0 Å². The highest BCUT2D eigenvalue weighted by Gasteiger charge is 2.22. The summed E-state index contributed by atoms with van der Waals surface area (Å²) < 4.78 is 5.15. The van der Waals surface area contributed by atoms with Crippen LogP contribution in [0.15, 0.2) is 12.4 Å². The Morgan fingerprint density at radius 2 is 2.08 bits per heavy atom. The first-order chi connectivity index (χ1) is 11.2. The zero-order valence-electron chi connectivity index (χ0n) is 14.8. The zero-order chi connectivity index (χ0) is 16.7. The van der Waals surface area contributed by atoms with Gasteiger partial charge in [0.05, 0.1) is 12.5 Å². The first kappa shape index (κ1) is 23.9. The molecule has 9 heteroatoms. The number of amides is 1. The number of aryl methyl sites for hydroxylation is 1. The van der Waals surface area contributed by atoms with Gasteiger partial charge in [-0.05, 0) is 19.3 Å². The molecule has 3 N–H and O–H groups in total. The second-order valence-corrected chi connectivity index (χ2v) is 5.85. The summed E-state index contributed by atoms with van der Waals surface area (Å²) in [6.07, 6.45) is 4.47. The van der Waals surface area contributed by atoms with E-state index in [4.69, 9.17) is 10.5 Å². The molecule has 2 heterocycles. The van der Waals surface area contributed by atoms with Gasteiger partial charge in [-0.1, -0.05) is 6.92 Å². The van der Waals surface area contributed by atoms with E-state index in [1.165, 1.54) is 0 Å². The van der Waals surface area contributed by atoms with Crippen LogP contribution in [0.4, 0.5) is 5.82 Å². The Labute approximate surface area is 161 Å². The number of nitrogens with zero attached hydrogens (tertiary/aromatic N) is 3. The molecular formula is C16H29Cl2N5O2. The molecule has 1 amide bonds. The predicted molar refractivity (Wildman–Crippen MR) is 104 cm³/mol. The number of piperidine rings is 1. The number of nitrogens with one attached hydrogen (secondary N) is 1. The Balaban J connectivity index is 0.00000288. The van der Waals surface area contributed by atoms with Crippen molar-refractivity contribution in [1.82, 2.24) is 15.3 Å². The molecule has 25 heavy (non-hydrogen) atoms.